The zero-order valence-corrected chi connectivity index (χ0v) is 11.5. The van der Waals surface area contributed by atoms with Crippen LogP contribution in [0.4, 0.5) is 13.2 Å². The van der Waals surface area contributed by atoms with Crippen molar-refractivity contribution in [3.05, 3.63) is 0 Å². The molecule has 0 aliphatic carbocycles. The summed E-state index contributed by atoms with van der Waals surface area (Å²) in [7, 11) is 0. The second-order valence-electron chi connectivity index (χ2n) is 5.77. The van der Waals surface area contributed by atoms with Gasteiger partial charge in [-0.05, 0) is 26.2 Å². The number of alkyl halides is 3. The van der Waals surface area contributed by atoms with E-state index in [-0.39, 0.29) is 18.9 Å². The first-order valence-corrected chi connectivity index (χ1v) is 6.04. The van der Waals surface area contributed by atoms with Gasteiger partial charge in [-0.1, -0.05) is 13.8 Å². The molecule has 0 heterocycles. The highest BCUT2D eigenvalue weighted by molar-refractivity contribution is 5.76. The fourth-order valence-corrected chi connectivity index (χ4v) is 1.50. The van der Waals surface area contributed by atoms with E-state index in [1.165, 1.54) is 0 Å². The van der Waals surface area contributed by atoms with E-state index < -0.39 is 24.2 Å². The van der Waals surface area contributed by atoms with Crippen LogP contribution in [0.25, 0.3) is 0 Å². The standard InChI is InChI=1S/C12H23F3N2O/c1-9(2)7-17(8-12(13,14)15)10(18)5-6-11(3,4)16/h9H,5-8,16H2,1-4H3. The Balaban J connectivity index is 4.50. The van der Waals surface area contributed by atoms with Gasteiger partial charge in [-0.15, -0.1) is 0 Å². The maximum atomic E-state index is 12.4. The normalized spacial score (nSPS) is 12.9. The van der Waals surface area contributed by atoms with E-state index in [1.54, 1.807) is 27.7 Å². The molecule has 0 rings (SSSR count). The topological polar surface area (TPSA) is 46.3 Å². The van der Waals surface area contributed by atoms with Gasteiger partial charge in [0.1, 0.15) is 6.54 Å². The second-order valence-corrected chi connectivity index (χ2v) is 5.77. The summed E-state index contributed by atoms with van der Waals surface area (Å²) in [5, 5.41) is 0. The number of hydrogen-bond acceptors (Lipinski definition) is 2. The molecule has 1 amide bonds. The van der Waals surface area contributed by atoms with E-state index in [2.05, 4.69) is 0 Å². The number of carbonyl (C=O) groups is 1. The first-order valence-electron chi connectivity index (χ1n) is 6.04. The summed E-state index contributed by atoms with van der Waals surface area (Å²) in [6.07, 6.45) is -3.94. The van der Waals surface area contributed by atoms with Crippen LogP contribution in [0.15, 0.2) is 0 Å². The van der Waals surface area contributed by atoms with Crippen molar-refractivity contribution in [3.63, 3.8) is 0 Å². The molecule has 0 saturated carbocycles. The van der Waals surface area contributed by atoms with Crippen LogP contribution in [-0.2, 0) is 4.79 Å². The van der Waals surface area contributed by atoms with Crippen LogP contribution in [-0.4, -0.2) is 35.6 Å². The fourth-order valence-electron chi connectivity index (χ4n) is 1.50. The Morgan fingerprint density at radius 2 is 1.78 bits per heavy atom. The van der Waals surface area contributed by atoms with Gasteiger partial charge < -0.3 is 10.6 Å². The molecular weight excluding hydrogens is 245 g/mol. The van der Waals surface area contributed by atoms with Crippen LogP contribution in [0.1, 0.15) is 40.5 Å². The van der Waals surface area contributed by atoms with Crippen molar-refractivity contribution in [1.82, 2.24) is 4.90 Å². The molecule has 0 spiro atoms. The van der Waals surface area contributed by atoms with E-state index in [9.17, 15) is 18.0 Å². The quantitative estimate of drug-likeness (QED) is 0.804. The fraction of sp³-hybridized carbons (Fsp3) is 0.917. The lowest BCUT2D eigenvalue weighted by atomic mass is 9.99. The molecule has 0 fully saturated rings. The lowest BCUT2D eigenvalue weighted by Gasteiger charge is -2.27. The van der Waals surface area contributed by atoms with Gasteiger partial charge in [0.15, 0.2) is 0 Å². The first-order chi connectivity index (χ1) is 7.91. The van der Waals surface area contributed by atoms with Crippen LogP contribution in [0, 0.1) is 5.92 Å². The Kier molecular flexibility index (Phi) is 6.13. The highest BCUT2D eigenvalue weighted by Crippen LogP contribution is 2.19. The zero-order valence-electron chi connectivity index (χ0n) is 11.5. The van der Waals surface area contributed by atoms with E-state index in [0.29, 0.717) is 6.42 Å². The summed E-state index contributed by atoms with van der Waals surface area (Å²) in [5.74, 6) is -0.485. The molecule has 0 radical (unpaired) electrons. The summed E-state index contributed by atoms with van der Waals surface area (Å²) in [6.45, 7) is 5.99. The van der Waals surface area contributed by atoms with Gasteiger partial charge in [-0.3, -0.25) is 4.79 Å². The Labute approximate surface area is 107 Å². The van der Waals surface area contributed by atoms with Gasteiger partial charge >= 0.3 is 6.18 Å². The van der Waals surface area contributed by atoms with E-state index in [4.69, 9.17) is 5.73 Å². The number of halogens is 3. The predicted molar refractivity (Wildman–Crippen MR) is 65.0 cm³/mol. The Bertz CT molecular complexity index is 269. The van der Waals surface area contributed by atoms with Crippen molar-refractivity contribution >= 4 is 5.91 Å². The first kappa shape index (κ1) is 17.2. The molecule has 0 saturated heterocycles. The minimum atomic E-state index is -4.36. The molecule has 6 heteroatoms. The molecule has 18 heavy (non-hydrogen) atoms. The largest absolute Gasteiger partial charge is 0.406 e. The molecule has 3 nitrogen and oxygen atoms in total. The van der Waals surface area contributed by atoms with E-state index >= 15 is 0 Å². The van der Waals surface area contributed by atoms with Crippen molar-refractivity contribution in [3.8, 4) is 0 Å². The third kappa shape index (κ3) is 9.27. The second kappa shape index (κ2) is 6.41. The minimum Gasteiger partial charge on any atom is -0.333 e. The molecule has 0 unspecified atom stereocenters. The highest BCUT2D eigenvalue weighted by Gasteiger charge is 2.33. The summed E-state index contributed by atoms with van der Waals surface area (Å²) in [6, 6.07) is 0. The van der Waals surface area contributed by atoms with Crippen molar-refractivity contribution in [1.29, 1.82) is 0 Å². The number of nitrogens with two attached hydrogens (primary N) is 1. The molecule has 0 aromatic rings. The van der Waals surface area contributed by atoms with Gasteiger partial charge in [0.05, 0.1) is 0 Å². The lowest BCUT2D eigenvalue weighted by Crippen LogP contribution is -2.42. The third-order valence-electron chi connectivity index (χ3n) is 2.29. The zero-order chi connectivity index (χ0) is 14.6. The van der Waals surface area contributed by atoms with Gasteiger partial charge in [0, 0.05) is 18.5 Å². The molecule has 0 aromatic heterocycles. The maximum absolute atomic E-state index is 12.4. The summed E-state index contributed by atoms with van der Waals surface area (Å²) < 4.78 is 37.1. The third-order valence-corrected chi connectivity index (χ3v) is 2.29. The molecule has 0 bridgehead atoms. The number of rotatable bonds is 6. The van der Waals surface area contributed by atoms with Crippen LogP contribution >= 0.6 is 0 Å². The Morgan fingerprint density at radius 1 is 1.28 bits per heavy atom. The Morgan fingerprint density at radius 3 is 2.11 bits per heavy atom. The summed E-state index contributed by atoms with van der Waals surface area (Å²) in [5.41, 5.74) is 5.18. The number of amides is 1. The van der Waals surface area contributed by atoms with Crippen LogP contribution in [0.3, 0.4) is 0 Å². The Hall–Kier alpha value is -0.780. The molecule has 0 atom stereocenters. The molecule has 108 valence electrons. The average molecular weight is 268 g/mol. The van der Waals surface area contributed by atoms with E-state index in [1.807, 2.05) is 0 Å². The predicted octanol–water partition coefficient (Wildman–Crippen LogP) is 2.55. The maximum Gasteiger partial charge on any atom is 0.406 e. The van der Waals surface area contributed by atoms with Crippen LogP contribution < -0.4 is 5.73 Å². The smallest absolute Gasteiger partial charge is 0.333 e. The summed E-state index contributed by atoms with van der Waals surface area (Å²) >= 11 is 0. The van der Waals surface area contributed by atoms with Crippen molar-refractivity contribution in [2.24, 2.45) is 11.7 Å². The van der Waals surface area contributed by atoms with Crippen molar-refractivity contribution in [2.75, 3.05) is 13.1 Å². The van der Waals surface area contributed by atoms with Crippen LogP contribution in [0.2, 0.25) is 0 Å². The van der Waals surface area contributed by atoms with Gasteiger partial charge in [-0.2, -0.15) is 13.2 Å². The number of nitrogens with zero attached hydrogens (tertiary/aromatic N) is 1. The van der Waals surface area contributed by atoms with Crippen molar-refractivity contribution in [2.45, 2.75) is 52.3 Å². The van der Waals surface area contributed by atoms with Crippen LogP contribution in [0.5, 0.6) is 0 Å². The van der Waals surface area contributed by atoms with Crippen molar-refractivity contribution < 1.29 is 18.0 Å². The molecular formula is C12H23F3N2O. The number of hydrogen-bond donors (Lipinski definition) is 1. The van der Waals surface area contributed by atoms with E-state index in [0.717, 1.165) is 4.90 Å². The monoisotopic (exact) mass is 268 g/mol. The molecule has 0 aliphatic rings. The SMILES string of the molecule is CC(C)CN(CC(F)(F)F)C(=O)CCC(C)(C)N. The lowest BCUT2D eigenvalue weighted by molar-refractivity contribution is -0.162. The number of carbonyl (C=O) groups excluding carboxylic acids is 1. The minimum absolute atomic E-state index is 0.00202. The van der Waals surface area contributed by atoms with Gasteiger partial charge in [0.2, 0.25) is 5.91 Å². The highest BCUT2D eigenvalue weighted by atomic mass is 19.4. The van der Waals surface area contributed by atoms with Gasteiger partial charge in [0.25, 0.3) is 0 Å². The average Bonchev–Trinajstić information content (AvgIpc) is 2.08. The molecule has 0 aromatic carbocycles. The van der Waals surface area contributed by atoms with Gasteiger partial charge in [-0.25, -0.2) is 0 Å². The summed E-state index contributed by atoms with van der Waals surface area (Å²) in [4.78, 5) is 12.6. The molecule has 0 aliphatic heterocycles. The molecule has 2 N–H and O–H groups in total.